The Hall–Kier alpha value is -2.24. The maximum absolute atomic E-state index is 12.9. The van der Waals surface area contributed by atoms with Crippen LogP contribution in [0.25, 0.3) is 0 Å². The summed E-state index contributed by atoms with van der Waals surface area (Å²) < 4.78 is 0. The van der Waals surface area contributed by atoms with Gasteiger partial charge < -0.3 is 16.0 Å². The number of halogens is 2. The fourth-order valence-corrected chi connectivity index (χ4v) is 3.51. The lowest BCUT2D eigenvalue weighted by Crippen LogP contribution is -2.45. The molecule has 0 bridgehead atoms. The van der Waals surface area contributed by atoms with E-state index in [4.69, 9.17) is 28.9 Å². The molecular weight excluding hydrogens is 385 g/mol. The molecule has 0 radical (unpaired) electrons. The highest BCUT2D eigenvalue weighted by Gasteiger charge is 2.38. The van der Waals surface area contributed by atoms with Crippen LogP contribution in [0.5, 0.6) is 0 Å². The van der Waals surface area contributed by atoms with E-state index < -0.39 is 6.04 Å². The molecule has 0 unspecified atom stereocenters. The predicted molar refractivity (Wildman–Crippen MR) is 108 cm³/mol. The number of amides is 2. The van der Waals surface area contributed by atoms with Crippen LogP contribution in [0.2, 0.25) is 10.0 Å². The van der Waals surface area contributed by atoms with E-state index in [-0.39, 0.29) is 17.7 Å². The molecule has 2 aromatic rings. The number of rotatable bonds is 4. The second-order valence-electron chi connectivity index (χ2n) is 6.89. The van der Waals surface area contributed by atoms with Gasteiger partial charge in [0, 0.05) is 23.7 Å². The third-order valence-corrected chi connectivity index (χ3v) is 5.29. The van der Waals surface area contributed by atoms with Crippen molar-refractivity contribution in [3.63, 3.8) is 0 Å². The topological polar surface area (TPSA) is 75.4 Å². The molecule has 2 aromatic carbocycles. The molecule has 1 aliphatic heterocycles. The van der Waals surface area contributed by atoms with Crippen LogP contribution in [-0.2, 0) is 11.3 Å². The number of anilines is 1. The summed E-state index contributed by atoms with van der Waals surface area (Å²) in [6, 6.07) is 11.6. The Kier molecular flexibility index (Phi) is 5.92. The number of carbonyl (C=O) groups is 2. The van der Waals surface area contributed by atoms with Gasteiger partial charge >= 0.3 is 0 Å². The predicted octanol–water partition coefficient (Wildman–Crippen LogP) is 3.74. The summed E-state index contributed by atoms with van der Waals surface area (Å²) in [5, 5.41) is 3.96. The van der Waals surface area contributed by atoms with Gasteiger partial charge in [-0.05, 0) is 48.2 Å². The number of likely N-dealkylation sites (tertiary alicyclic amines) is 1. The minimum absolute atomic E-state index is 0.162. The lowest BCUT2D eigenvalue weighted by Gasteiger charge is -2.24. The molecule has 142 valence electrons. The fraction of sp³-hybridized carbons (Fsp3) is 0.300. The molecule has 1 heterocycles. The van der Waals surface area contributed by atoms with E-state index in [0.29, 0.717) is 40.8 Å². The van der Waals surface area contributed by atoms with Gasteiger partial charge in [-0.2, -0.15) is 0 Å². The minimum Gasteiger partial charge on any atom is -0.398 e. The van der Waals surface area contributed by atoms with E-state index >= 15 is 0 Å². The van der Waals surface area contributed by atoms with Crippen LogP contribution in [0.15, 0.2) is 42.5 Å². The number of nitrogens with one attached hydrogen (secondary N) is 1. The lowest BCUT2D eigenvalue weighted by molar-refractivity contribution is -0.125. The first-order chi connectivity index (χ1) is 12.8. The van der Waals surface area contributed by atoms with E-state index in [1.54, 1.807) is 35.2 Å². The van der Waals surface area contributed by atoms with E-state index in [0.717, 1.165) is 5.56 Å². The van der Waals surface area contributed by atoms with E-state index in [2.05, 4.69) is 5.32 Å². The van der Waals surface area contributed by atoms with Crippen LogP contribution >= 0.6 is 23.2 Å². The van der Waals surface area contributed by atoms with E-state index in [1.807, 2.05) is 19.1 Å². The van der Waals surface area contributed by atoms with Crippen molar-refractivity contribution >= 4 is 40.7 Å². The standard InChI is InChI=1S/C20H21Cl2N3O2/c1-12-8-18(19(26)24-10-13-2-5-15(21)6-3-13)25(11-12)20(27)14-4-7-16(22)17(23)9-14/h2-7,9,12,18H,8,10-11,23H2,1H3,(H,24,26)/t12-,18+/m1/s1. The van der Waals surface area contributed by atoms with E-state index in [9.17, 15) is 9.59 Å². The fourth-order valence-electron chi connectivity index (χ4n) is 3.27. The van der Waals surface area contributed by atoms with Crippen molar-refractivity contribution in [2.75, 3.05) is 12.3 Å². The third kappa shape index (κ3) is 4.54. The van der Waals surface area contributed by atoms with Crippen molar-refractivity contribution in [2.24, 2.45) is 5.92 Å². The van der Waals surface area contributed by atoms with Crippen molar-refractivity contribution in [1.29, 1.82) is 0 Å². The Morgan fingerprint density at radius 2 is 1.89 bits per heavy atom. The molecule has 3 rings (SSSR count). The number of nitrogens with zero attached hydrogens (tertiary/aromatic N) is 1. The third-order valence-electron chi connectivity index (χ3n) is 4.70. The Balaban J connectivity index is 1.70. The van der Waals surface area contributed by atoms with Gasteiger partial charge in [-0.15, -0.1) is 0 Å². The molecule has 2 amide bonds. The van der Waals surface area contributed by atoms with Crippen molar-refractivity contribution in [3.05, 3.63) is 63.6 Å². The first-order valence-corrected chi connectivity index (χ1v) is 9.49. The van der Waals surface area contributed by atoms with Gasteiger partial charge in [0.1, 0.15) is 6.04 Å². The number of nitrogens with two attached hydrogens (primary N) is 1. The number of benzene rings is 2. The molecule has 2 atom stereocenters. The normalized spacial score (nSPS) is 19.1. The van der Waals surface area contributed by atoms with Crippen molar-refractivity contribution in [2.45, 2.75) is 25.9 Å². The smallest absolute Gasteiger partial charge is 0.254 e. The summed E-state index contributed by atoms with van der Waals surface area (Å²) in [5.41, 5.74) is 7.53. The molecule has 1 saturated heterocycles. The van der Waals surface area contributed by atoms with Gasteiger partial charge in [0.15, 0.2) is 0 Å². The van der Waals surface area contributed by atoms with Crippen molar-refractivity contribution in [1.82, 2.24) is 10.2 Å². The van der Waals surface area contributed by atoms with Crippen LogP contribution < -0.4 is 11.1 Å². The minimum atomic E-state index is -0.503. The molecule has 3 N–H and O–H groups in total. The van der Waals surface area contributed by atoms with Crippen molar-refractivity contribution in [3.8, 4) is 0 Å². The SMILES string of the molecule is C[C@@H]1C[C@@H](C(=O)NCc2ccc(Cl)cc2)N(C(=O)c2ccc(Cl)c(N)c2)C1. The van der Waals surface area contributed by atoms with Crippen LogP contribution in [-0.4, -0.2) is 29.3 Å². The highest BCUT2D eigenvalue weighted by Crippen LogP contribution is 2.27. The Morgan fingerprint density at radius 3 is 2.56 bits per heavy atom. The molecule has 0 spiro atoms. The van der Waals surface area contributed by atoms with Crippen LogP contribution in [0.3, 0.4) is 0 Å². The van der Waals surface area contributed by atoms with Gasteiger partial charge in [0.2, 0.25) is 5.91 Å². The first kappa shape index (κ1) is 19.5. The van der Waals surface area contributed by atoms with Gasteiger partial charge in [-0.1, -0.05) is 42.3 Å². The van der Waals surface area contributed by atoms with Crippen LogP contribution in [0.4, 0.5) is 5.69 Å². The molecule has 7 heteroatoms. The van der Waals surface area contributed by atoms with Crippen molar-refractivity contribution < 1.29 is 9.59 Å². The van der Waals surface area contributed by atoms with Gasteiger partial charge in [0.05, 0.1) is 10.7 Å². The summed E-state index contributed by atoms with van der Waals surface area (Å²) in [6.45, 7) is 2.94. The second kappa shape index (κ2) is 8.19. The molecule has 5 nitrogen and oxygen atoms in total. The molecule has 1 fully saturated rings. The molecule has 0 aromatic heterocycles. The molecule has 0 aliphatic carbocycles. The number of nitrogen functional groups attached to an aromatic ring is 1. The zero-order valence-electron chi connectivity index (χ0n) is 14.9. The highest BCUT2D eigenvalue weighted by molar-refractivity contribution is 6.33. The Labute approximate surface area is 168 Å². The zero-order valence-corrected chi connectivity index (χ0v) is 16.4. The lowest BCUT2D eigenvalue weighted by atomic mass is 10.1. The van der Waals surface area contributed by atoms with Gasteiger partial charge in [-0.3, -0.25) is 9.59 Å². The summed E-state index contributed by atoms with van der Waals surface area (Å²) in [4.78, 5) is 27.3. The average Bonchev–Trinajstić information content (AvgIpc) is 3.04. The molecule has 27 heavy (non-hydrogen) atoms. The number of hydrogen-bond donors (Lipinski definition) is 2. The monoisotopic (exact) mass is 405 g/mol. The Morgan fingerprint density at radius 1 is 1.19 bits per heavy atom. The Bertz CT molecular complexity index is 855. The molecule has 0 saturated carbocycles. The first-order valence-electron chi connectivity index (χ1n) is 8.73. The number of carbonyl (C=O) groups excluding carboxylic acids is 2. The number of hydrogen-bond acceptors (Lipinski definition) is 3. The average molecular weight is 406 g/mol. The maximum atomic E-state index is 12.9. The largest absolute Gasteiger partial charge is 0.398 e. The van der Waals surface area contributed by atoms with Crippen LogP contribution in [0, 0.1) is 5.92 Å². The van der Waals surface area contributed by atoms with E-state index in [1.165, 1.54) is 0 Å². The molecule has 1 aliphatic rings. The zero-order chi connectivity index (χ0) is 19.6. The summed E-state index contributed by atoms with van der Waals surface area (Å²) in [5.74, 6) is -0.135. The second-order valence-corrected chi connectivity index (χ2v) is 7.74. The maximum Gasteiger partial charge on any atom is 0.254 e. The van der Waals surface area contributed by atoms with Gasteiger partial charge in [0.25, 0.3) is 5.91 Å². The summed E-state index contributed by atoms with van der Waals surface area (Å²) in [6.07, 6.45) is 0.626. The summed E-state index contributed by atoms with van der Waals surface area (Å²) in [7, 11) is 0. The molecular formula is C20H21Cl2N3O2. The quantitative estimate of drug-likeness (QED) is 0.760. The summed E-state index contributed by atoms with van der Waals surface area (Å²) >= 11 is 11.8. The highest BCUT2D eigenvalue weighted by atomic mass is 35.5. The van der Waals surface area contributed by atoms with Gasteiger partial charge in [-0.25, -0.2) is 0 Å². The van der Waals surface area contributed by atoms with Crippen LogP contribution in [0.1, 0.15) is 29.3 Å².